The van der Waals surface area contributed by atoms with E-state index in [0.29, 0.717) is 13.0 Å². The minimum Gasteiger partial charge on any atom is -0.344 e. The Bertz CT molecular complexity index is 238. The van der Waals surface area contributed by atoms with E-state index in [1.54, 1.807) is 0 Å². The first kappa shape index (κ1) is 10.2. The lowest BCUT2D eigenvalue weighted by molar-refractivity contribution is -0.324. The molecule has 0 heterocycles. The summed E-state index contributed by atoms with van der Waals surface area (Å²) < 4.78 is 4.74. The van der Waals surface area contributed by atoms with Gasteiger partial charge in [-0.15, -0.1) is 0 Å². The summed E-state index contributed by atoms with van der Waals surface area (Å²) in [5.41, 5.74) is 1.12. The van der Waals surface area contributed by atoms with Crippen LogP contribution in [-0.4, -0.2) is 22.8 Å². The summed E-state index contributed by atoms with van der Waals surface area (Å²) in [4.78, 5) is 0. The van der Waals surface area contributed by atoms with Gasteiger partial charge < -0.3 is 14.9 Å². The third kappa shape index (κ3) is 4.62. The van der Waals surface area contributed by atoms with Crippen molar-refractivity contribution in [2.75, 3.05) is 6.61 Å². The number of benzene rings is 1. The van der Waals surface area contributed by atoms with Crippen molar-refractivity contribution in [3.8, 4) is 0 Å². The quantitative estimate of drug-likeness (QED) is 0.680. The van der Waals surface area contributed by atoms with Crippen molar-refractivity contribution in [2.24, 2.45) is 0 Å². The smallest absolute Gasteiger partial charge is 0.274 e. The Morgan fingerprint density at radius 1 is 1.23 bits per heavy atom. The normalized spacial score (nSPS) is 11.6. The Balaban J connectivity index is 2.29. The molecule has 72 valence electrons. The van der Waals surface area contributed by atoms with E-state index >= 15 is 0 Å². The Labute approximate surface area is 77.6 Å². The van der Waals surface area contributed by atoms with Gasteiger partial charge in [0.05, 0.1) is 6.61 Å². The van der Waals surface area contributed by atoms with E-state index in [4.69, 9.17) is 14.9 Å². The van der Waals surface area contributed by atoms with Crippen LogP contribution in [0.2, 0.25) is 0 Å². The highest BCUT2D eigenvalue weighted by atomic mass is 16.8. The molecular formula is C10H14O3. The summed E-state index contributed by atoms with van der Waals surface area (Å²) in [7, 11) is 0. The number of rotatable bonds is 4. The highest BCUT2D eigenvalue weighted by Crippen LogP contribution is 2.03. The molecule has 13 heavy (non-hydrogen) atoms. The van der Waals surface area contributed by atoms with E-state index in [-0.39, 0.29) is 0 Å². The number of aliphatic hydroxyl groups is 2. The van der Waals surface area contributed by atoms with Crippen molar-refractivity contribution in [2.45, 2.75) is 19.3 Å². The first-order valence-corrected chi connectivity index (χ1v) is 4.20. The van der Waals surface area contributed by atoms with Crippen LogP contribution in [0.3, 0.4) is 0 Å². The van der Waals surface area contributed by atoms with Gasteiger partial charge in [0.25, 0.3) is 5.97 Å². The Kier molecular flexibility index (Phi) is 3.42. The zero-order valence-corrected chi connectivity index (χ0v) is 7.60. The highest BCUT2D eigenvalue weighted by Gasteiger charge is 2.14. The molecule has 0 bridgehead atoms. The summed E-state index contributed by atoms with van der Waals surface area (Å²) in [6.45, 7) is 1.49. The number of hydrogen-bond acceptors (Lipinski definition) is 3. The van der Waals surface area contributed by atoms with E-state index in [0.717, 1.165) is 5.56 Å². The van der Waals surface area contributed by atoms with Crippen LogP contribution in [0.5, 0.6) is 0 Å². The van der Waals surface area contributed by atoms with E-state index in [2.05, 4.69) is 0 Å². The molecule has 3 nitrogen and oxygen atoms in total. The van der Waals surface area contributed by atoms with Crippen molar-refractivity contribution in [1.29, 1.82) is 0 Å². The summed E-state index contributed by atoms with van der Waals surface area (Å²) >= 11 is 0. The van der Waals surface area contributed by atoms with Crippen LogP contribution >= 0.6 is 0 Å². The minimum atomic E-state index is -2.02. The Hall–Kier alpha value is -0.900. The molecule has 1 aromatic carbocycles. The lowest BCUT2D eigenvalue weighted by Gasteiger charge is -2.15. The van der Waals surface area contributed by atoms with Crippen molar-refractivity contribution in [1.82, 2.24) is 0 Å². The molecule has 1 aromatic rings. The molecule has 0 aliphatic carbocycles. The molecule has 3 heteroatoms. The van der Waals surface area contributed by atoms with E-state index in [9.17, 15) is 0 Å². The predicted molar refractivity (Wildman–Crippen MR) is 48.9 cm³/mol. The number of hydrogen-bond donors (Lipinski definition) is 2. The molecule has 0 amide bonds. The Morgan fingerprint density at radius 2 is 1.85 bits per heavy atom. The molecule has 0 fully saturated rings. The molecule has 0 aliphatic rings. The van der Waals surface area contributed by atoms with Crippen molar-refractivity contribution >= 4 is 0 Å². The fourth-order valence-electron chi connectivity index (χ4n) is 1.01. The largest absolute Gasteiger partial charge is 0.344 e. The van der Waals surface area contributed by atoms with Crippen LogP contribution in [-0.2, 0) is 11.2 Å². The Morgan fingerprint density at radius 3 is 2.38 bits per heavy atom. The van der Waals surface area contributed by atoms with Gasteiger partial charge in [-0.1, -0.05) is 30.3 Å². The first-order chi connectivity index (χ1) is 6.08. The van der Waals surface area contributed by atoms with Crippen LogP contribution in [0.1, 0.15) is 12.5 Å². The maximum absolute atomic E-state index is 8.83. The third-order valence-electron chi connectivity index (χ3n) is 1.61. The minimum absolute atomic E-state index is 0.299. The van der Waals surface area contributed by atoms with E-state index < -0.39 is 5.97 Å². The topological polar surface area (TPSA) is 49.7 Å². The van der Waals surface area contributed by atoms with Crippen LogP contribution in [0.15, 0.2) is 30.3 Å². The molecule has 0 aromatic heterocycles. The molecule has 0 spiro atoms. The molecule has 0 saturated heterocycles. The monoisotopic (exact) mass is 182 g/mol. The lowest BCUT2D eigenvalue weighted by Crippen LogP contribution is -2.28. The average molecular weight is 182 g/mol. The predicted octanol–water partition coefficient (Wildman–Crippen LogP) is 0.904. The summed E-state index contributed by atoms with van der Waals surface area (Å²) in [5.74, 6) is -2.02. The zero-order chi connectivity index (χ0) is 9.73. The second-order valence-electron chi connectivity index (χ2n) is 3.02. The van der Waals surface area contributed by atoms with Crippen molar-refractivity contribution in [3.63, 3.8) is 0 Å². The van der Waals surface area contributed by atoms with Crippen molar-refractivity contribution in [3.05, 3.63) is 35.9 Å². The maximum atomic E-state index is 8.83. The van der Waals surface area contributed by atoms with Gasteiger partial charge >= 0.3 is 0 Å². The third-order valence-corrected chi connectivity index (χ3v) is 1.61. The fraction of sp³-hybridized carbons (Fsp3) is 0.400. The van der Waals surface area contributed by atoms with Gasteiger partial charge in [0, 0.05) is 6.92 Å². The maximum Gasteiger partial charge on any atom is 0.274 e. The standard InChI is InChI=1S/C10H14O3/c1-10(11,12)13-8-7-9-5-3-2-4-6-9/h2-6,11-12H,7-8H2,1H3. The lowest BCUT2D eigenvalue weighted by atomic mass is 10.2. The van der Waals surface area contributed by atoms with Gasteiger partial charge in [0.2, 0.25) is 0 Å². The summed E-state index contributed by atoms with van der Waals surface area (Å²) in [5, 5.41) is 17.7. The molecular weight excluding hydrogens is 168 g/mol. The molecule has 0 saturated carbocycles. The molecule has 2 N–H and O–H groups in total. The van der Waals surface area contributed by atoms with E-state index in [1.807, 2.05) is 30.3 Å². The van der Waals surface area contributed by atoms with Gasteiger partial charge in [-0.3, -0.25) is 0 Å². The SMILES string of the molecule is CC(O)(O)OCCc1ccccc1. The van der Waals surface area contributed by atoms with Gasteiger partial charge in [-0.25, -0.2) is 0 Å². The summed E-state index contributed by atoms with van der Waals surface area (Å²) in [6, 6.07) is 9.75. The number of ether oxygens (including phenoxy) is 1. The van der Waals surface area contributed by atoms with Gasteiger partial charge in [0.1, 0.15) is 0 Å². The first-order valence-electron chi connectivity index (χ1n) is 4.20. The van der Waals surface area contributed by atoms with Crippen LogP contribution < -0.4 is 0 Å². The molecule has 1 rings (SSSR count). The van der Waals surface area contributed by atoms with Crippen LogP contribution in [0.4, 0.5) is 0 Å². The summed E-state index contributed by atoms with van der Waals surface area (Å²) in [6.07, 6.45) is 0.678. The highest BCUT2D eigenvalue weighted by molar-refractivity contribution is 5.14. The van der Waals surface area contributed by atoms with E-state index in [1.165, 1.54) is 6.92 Å². The molecule has 0 radical (unpaired) electrons. The van der Waals surface area contributed by atoms with Crippen LogP contribution in [0, 0.1) is 0 Å². The van der Waals surface area contributed by atoms with Gasteiger partial charge in [0.15, 0.2) is 0 Å². The van der Waals surface area contributed by atoms with Gasteiger partial charge in [-0.2, -0.15) is 0 Å². The second-order valence-corrected chi connectivity index (χ2v) is 3.02. The van der Waals surface area contributed by atoms with Crippen LogP contribution in [0.25, 0.3) is 0 Å². The van der Waals surface area contributed by atoms with Crippen molar-refractivity contribution < 1.29 is 14.9 Å². The molecule has 0 unspecified atom stereocenters. The zero-order valence-electron chi connectivity index (χ0n) is 7.60. The average Bonchev–Trinajstić information content (AvgIpc) is 2.04. The molecule has 0 atom stereocenters. The fourth-order valence-corrected chi connectivity index (χ4v) is 1.01. The van der Waals surface area contributed by atoms with Gasteiger partial charge in [-0.05, 0) is 12.0 Å². The second kappa shape index (κ2) is 4.37. The molecule has 0 aliphatic heterocycles.